The second kappa shape index (κ2) is 4.72. The van der Waals surface area contributed by atoms with Crippen LogP contribution in [0.1, 0.15) is 25.3 Å². The van der Waals surface area contributed by atoms with Gasteiger partial charge in [-0.25, -0.2) is 8.42 Å². The van der Waals surface area contributed by atoms with Gasteiger partial charge >= 0.3 is 0 Å². The summed E-state index contributed by atoms with van der Waals surface area (Å²) in [5.74, 6) is 0. The fourth-order valence-corrected chi connectivity index (χ4v) is 4.55. The lowest BCUT2D eigenvalue weighted by Gasteiger charge is -2.22. The van der Waals surface area contributed by atoms with Gasteiger partial charge in [-0.05, 0) is 44.4 Å². The first-order valence-corrected chi connectivity index (χ1v) is 7.73. The summed E-state index contributed by atoms with van der Waals surface area (Å²) in [5.41, 5.74) is 7.01. The quantitative estimate of drug-likeness (QED) is 0.850. The van der Waals surface area contributed by atoms with Gasteiger partial charge in [0.1, 0.15) is 4.90 Å². The van der Waals surface area contributed by atoms with Crippen LogP contribution in [0.4, 0.5) is 5.69 Å². The van der Waals surface area contributed by atoms with Gasteiger partial charge in [0.25, 0.3) is 0 Å². The van der Waals surface area contributed by atoms with E-state index in [0.717, 1.165) is 18.4 Å². The van der Waals surface area contributed by atoms with Crippen molar-refractivity contribution in [3.63, 3.8) is 0 Å². The monoisotopic (exact) mass is 288 g/mol. The van der Waals surface area contributed by atoms with E-state index >= 15 is 0 Å². The number of benzene rings is 1. The summed E-state index contributed by atoms with van der Waals surface area (Å²) in [7, 11) is -3.54. The van der Waals surface area contributed by atoms with E-state index in [2.05, 4.69) is 0 Å². The zero-order chi connectivity index (χ0) is 13.5. The highest BCUT2D eigenvalue weighted by atomic mass is 35.5. The Morgan fingerprint density at radius 1 is 1.44 bits per heavy atom. The van der Waals surface area contributed by atoms with E-state index in [4.69, 9.17) is 17.3 Å². The molecule has 0 aromatic heterocycles. The van der Waals surface area contributed by atoms with E-state index in [1.54, 1.807) is 13.0 Å². The van der Waals surface area contributed by atoms with Crippen molar-refractivity contribution in [3.05, 3.63) is 22.7 Å². The number of hydrogen-bond acceptors (Lipinski definition) is 3. The molecule has 1 aromatic carbocycles. The Morgan fingerprint density at radius 3 is 2.67 bits per heavy atom. The van der Waals surface area contributed by atoms with Gasteiger partial charge in [-0.15, -0.1) is 0 Å². The molecule has 0 radical (unpaired) electrons. The van der Waals surface area contributed by atoms with E-state index in [1.165, 1.54) is 10.4 Å². The molecule has 100 valence electrons. The van der Waals surface area contributed by atoms with Crippen LogP contribution in [0.5, 0.6) is 0 Å². The molecule has 1 fully saturated rings. The highest BCUT2D eigenvalue weighted by molar-refractivity contribution is 7.89. The molecule has 1 heterocycles. The smallest absolute Gasteiger partial charge is 0.244 e. The Balaban J connectivity index is 2.51. The van der Waals surface area contributed by atoms with Gasteiger partial charge < -0.3 is 5.73 Å². The minimum absolute atomic E-state index is 0.0218. The zero-order valence-electron chi connectivity index (χ0n) is 10.5. The average Bonchev–Trinajstić information content (AvgIpc) is 2.70. The molecule has 1 atom stereocenters. The van der Waals surface area contributed by atoms with Gasteiger partial charge in [-0.2, -0.15) is 4.31 Å². The summed E-state index contributed by atoms with van der Waals surface area (Å²) in [6.45, 7) is 4.26. The molecule has 1 aliphatic heterocycles. The first kappa shape index (κ1) is 13.6. The molecule has 1 aliphatic rings. The van der Waals surface area contributed by atoms with Crippen LogP contribution in [0, 0.1) is 6.92 Å². The minimum Gasteiger partial charge on any atom is -0.398 e. The molecule has 0 aliphatic carbocycles. The van der Waals surface area contributed by atoms with E-state index < -0.39 is 10.0 Å². The number of aryl methyl sites for hydroxylation is 1. The van der Waals surface area contributed by atoms with Crippen LogP contribution in [0.15, 0.2) is 17.0 Å². The van der Waals surface area contributed by atoms with Gasteiger partial charge in [0.05, 0.1) is 5.02 Å². The summed E-state index contributed by atoms with van der Waals surface area (Å²) < 4.78 is 26.5. The number of nitrogens with two attached hydrogens (primary N) is 1. The van der Waals surface area contributed by atoms with E-state index in [0.29, 0.717) is 12.2 Å². The largest absolute Gasteiger partial charge is 0.398 e. The molecular formula is C12H17ClN2O2S. The Kier molecular flexibility index (Phi) is 3.58. The molecule has 2 N–H and O–H groups in total. The van der Waals surface area contributed by atoms with Crippen molar-refractivity contribution in [2.45, 2.75) is 37.6 Å². The van der Waals surface area contributed by atoms with Gasteiger partial charge in [0.2, 0.25) is 10.0 Å². The van der Waals surface area contributed by atoms with Gasteiger partial charge in [-0.1, -0.05) is 11.6 Å². The third-order valence-electron chi connectivity index (χ3n) is 3.40. The van der Waals surface area contributed by atoms with Gasteiger partial charge in [-0.3, -0.25) is 0 Å². The maximum Gasteiger partial charge on any atom is 0.244 e. The molecular weight excluding hydrogens is 272 g/mol. The van der Waals surface area contributed by atoms with Crippen molar-refractivity contribution in [2.24, 2.45) is 0 Å². The number of nitrogens with zero attached hydrogens (tertiary/aromatic N) is 1. The molecule has 6 heteroatoms. The van der Waals surface area contributed by atoms with E-state index in [-0.39, 0.29) is 16.0 Å². The zero-order valence-corrected chi connectivity index (χ0v) is 12.1. The lowest BCUT2D eigenvalue weighted by atomic mass is 10.2. The normalized spacial score (nSPS) is 21.4. The Labute approximate surface area is 113 Å². The van der Waals surface area contributed by atoms with Crippen LogP contribution in [-0.4, -0.2) is 25.3 Å². The number of anilines is 1. The summed E-state index contributed by atoms with van der Waals surface area (Å²) >= 11 is 6.05. The standard InChI is InChI=1S/C12H17ClN2O2S/c1-8-6-10(13)12(7-11(8)14)18(16,17)15-5-3-4-9(15)2/h6-7,9H,3-5,14H2,1-2H3. The predicted octanol–water partition coefficient (Wildman–Crippen LogP) is 2.40. The fraction of sp³-hybridized carbons (Fsp3) is 0.500. The molecule has 18 heavy (non-hydrogen) atoms. The molecule has 1 unspecified atom stereocenters. The summed E-state index contributed by atoms with van der Waals surface area (Å²) in [6.07, 6.45) is 1.78. The molecule has 1 aromatic rings. The predicted molar refractivity (Wildman–Crippen MR) is 73.2 cm³/mol. The highest BCUT2D eigenvalue weighted by Gasteiger charge is 2.34. The molecule has 0 saturated carbocycles. The van der Waals surface area contributed by atoms with Crippen molar-refractivity contribution in [1.82, 2.24) is 4.31 Å². The van der Waals surface area contributed by atoms with Crippen LogP contribution >= 0.6 is 11.6 Å². The maximum atomic E-state index is 12.5. The van der Waals surface area contributed by atoms with Gasteiger partial charge in [0.15, 0.2) is 0 Å². The molecule has 2 rings (SSSR count). The third kappa shape index (κ3) is 2.22. The number of hydrogen-bond donors (Lipinski definition) is 1. The Hall–Kier alpha value is -0.780. The van der Waals surface area contributed by atoms with Crippen LogP contribution in [0.25, 0.3) is 0 Å². The molecule has 0 spiro atoms. The number of halogens is 1. The maximum absolute atomic E-state index is 12.5. The number of sulfonamides is 1. The first-order valence-electron chi connectivity index (χ1n) is 5.91. The lowest BCUT2D eigenvalue weighted by Crippen LogP contribution is -2.33. The van der Waals surface area contributed by atoms with Crippen LogP contribution in [0.2, 0.25) is 5.02 Å². The lowest BCUT2D eigenvalue weighted by molar-refractivity contribution is 0.408. The summed E-state index contributed by atoms with van der Waals surface area (Å²) in [4.78, 5) is 0.112. The molecule has 0 amide bonds. The fourth-order valence-electron chi connectivity index (χ4n) is 2.26. The van der Waals surface area contributed by atoms with Crippen molar-refractivity contribution in [1.29, 1.82) is 0 Å². The first-order chi connectivity index (χ1) is 8.34. The highest BCUT2D eigenvalue weighted by Crippen LogP contribution is 2.32. The topological polar surface area (TPSA) is 63.4 Å². The van der Waals surface area contributed by atoms with Crippen LogP contribution in [-0.2, 0) is 10.0 Å². The second-order valence-electron chi connectivity index (χ2n) is 4.75. The van der Waals surface area contributed by atoms with Crippen molar-refractivity contribution in [3.8, 4) is 0 Å². The number of nitrogen functional groups attached to an aromatic ring is 1. The Bertz CT molecular complexity index is 572. The van der Waals surface area contributed by atoms with Crippen LogP contribution < -0.4 is 5.73 Å². The SMILES string of the molecule is Cc1cc(Cl)c(S(=O)(=O)N2CCCC2C)cc1N. The van der Waals surface area contributed by atoms with E-state index in [9.17, 15) is 8.42 Å². The number of rotatable bonds is 2. The van der Waals surface area contributed by atoms with E-state index in [1.807, 2.05) is 6.92 Å². The minimum atomic E-state index is -3.54. The van der Waals surface area contributed by atoms with Crippen molar-refractivity contribution in [2.75, 3.05) is 12.3 Å². The van der Waals surface area contributed by atoms with Crippen molar-refractivity contribution < 1.29 is 8.42 Å². The van der Waals surface area contributed by atoms with Gasteiger partial charge in [0, 0.05) is 18.3 Å². The third-order valence-corrected chi connectivity index (χ3v) is 5.88. The molecule has 0 bridgehead atoms. The Morgan fingerprint density at radius 2 is 2.11 bits per heavy atom. The average molecular weight is 289 g/mol. The van der Waals surface area contributed by atoms with Crippen molar-refractivity contribution >= 4 is 27.3 Å². The van der Waals surface area contributed by atoms with Crippen LogP contribution in [0.3, 0.4) is 0 Å². The molecule has 1 saturated heterocycles. The molecule has 4 nitrogen and oxygen atoms in total. The summed E-state index contributed by atoms with van der Waals surface area (Å²) in [6, 6.07) is 3.08. The second-order valence-corrected chi connectivity index (χ2v) is 7.01. The summed E-state index contributed by atoms with van der Waals surface area (Å²) in [5, 5.41) is 0.237.